The molecular weight excluding hydrogens is 264 g/mol. The van der Waals surface area contributed by atoms with E-state index in [4.69, 9.17) is 0 Å². The van der Waals surface area contributed by atoms with Crippen molar-refractivity contribution < 1.29 is 13.6 Å². The lowest BCUT2D eigenvalue weighted by Gasteiger charge is -2.08. The van der Waals surface area contributed by atoms with Gasteiger partial charge < -0.3 is 10.6 Å². The molecule has 0 fully saturated rings. The number of rotatable bonds is 3. The van der Waals surface area contributed by atoms with E-state index in [0.29, 0.717) is 17.1 Å². The van der Waals surface area contributed by atoms with Crippen LogP contribution in [0.3, 0.4) is 0 Å². The smallest absolute Gasteiger partial charge is 0.255 e. The van der Waals surface area contributed by atoms with Gasteiger partial charge in [-0.15, -0.1) is 0 Å². The fourth-order valence-corrected chi connectivity index (χ4v) is 1.70. The lowest BCUT2D eigenvalue weighted by atomic mass is 10.2. The zero-order chi connectivity index (χ0) is 14.7. The lowest BCUT2D eigenvalue weighted by molar-refractivity contribution is 0.102. The average Bonchev–Trinajstić information content (AvgIpc) is 2.42. The first-order valence-corrected chi connectivity index (χ1v) is 5.92. The maximum atomic E-state index is 13.1. The maximum absolute atomic E-state index is 13.1. The average molecular weight is 277 g/mol. The summed E-state index contributed by atoms with van der Waals surface area (Å²) in [6.07, 6.45) is 0. The minimum Gasteiger partial charge on any atom is -0.373 e. The Morgan fingerprint density at radius 1 is 1.15 bits per heavy atom. The van der Waals surface area contributed by atoms with E-state index < -0.39 is 17.5 Å². The first kappa shape index (κ1) is 13.9. The maximum Gasteiger partial charge on any atom is 0.255 e. The van der Waals surface area contributed by atoms with Gasteiger partial charge in [-0.2, -0.15) is 0 Å². The number of amides is 1. The first-order valence-electron chi connectivity index (χ1n) is 5.92. The summed E-state index contributed by atoms with van der Waals surface area (Å²) < 4.78 is 25.9. The molecule has 0 spiro atoms. The quantitative estimate of drug-likeness (QED) is 0.907. The van der Waals surface area contributed by atoms with E-state index in [1.807, 2.05) is 0 Å². The Balaban J connectivity index is 2.23. The van der Waals surface area contributed by atoms with E-state index in [0.717, 1.165) is 12.1 Å². The zero-order valence-corrected chi connectivity index (χ0v) is 11.0. The summed E-state index contributed by atoms with van der Waals surface area (Å²) in [5.41, 5.74) is 1.24. The molecule has 0 radical (unpaired) electrons. The molecule has 0 aliphatic rings. The Morgan fingerprint density at radius 3 is 2.55 bits per heavy atom. The van der Waals surface area contributed by atoms with Gasteiger partial charge in [-0.25, -0.2) is 13.8 Å². The SMILES string of the molecule is CNc1cc(C(=O)Nc2ccc(F)c(F)c2)cc(C)n1. The molecule has 1 aromatic carbocycles. The van der Waals surface area contributed by atoms with Crippen LogP contribution in [-0.2, 0) is 0 Å². The van der Waals surface area contributed by atoms with Gasteiger partial charge in [0, 0.05) is 30.1 Å². The summed E-state index contributed by atoms with van der Waals surface area (Å²) in [7, 11) is 1.69. The van der Waals surface area contributed by atoms with Crippen LogP contribution >= 0.6 is 0 Å². The van der Waals surface area contributed by atoms with Gasteiger partial charge in [-0.1, -0.05) is 0 Å². The number of halogens is 2. The minimum absolute atomic E-state index is 0.189. The lowest BCUT2D eigenvalue weighted by Crippen LogP contribution is -2.13. The number of benzene rings is 1. The number of hydrogen-bond donors (Lipinski definition) is 2. The number of carbonyl (C=O) groups is 1. The molecule has 0 aliphatic heterocycles. The van der Waals surface area contributed by atoms with Crippen LogP contribution in [0.1, 0.15) is 16.1 Å². The number of nitrogens with zero attached hydrogens (tertiary/aromatic N) is 1. The third-order valence-electron chi connectivity index (χ3n) is 2.65. The van der Waals surface area contributed by atoms with Gasteiger partial charge in [0.25, 0.3) is 5.91 Å². The van der Waals surface area contributed by atoms with Crippen molar-refractivity contribution in [3.63, 3.8) is 0 Å². The van der Waals surface area contributed by atoms with Crippen LogP contribution in [0.15, 0.2) is 30.3 Å². The van der Waals surface area contributed by atoms with Crippen molar-refractivity contribution >= 4 is 17.4 Å². The number of hydrogen-bond acceptors (Lipinski definition) is 3. The Bertz CT molecular complexity index is 659. The molecule has 1 amide bonds. The third kappa shape index (κ3) is 3.09. The normalized spacial score (nSPS) is 10.2. The van der Waals surface area contributed by atoms with E-state index in [9.17, 15) is 13.6 Å². The van der Waals surface area contributed by atoms with E-state index in [-0.39, 0.29) is 5.69 Å². The Kier molecular flexibility index (Phi) is 3.93. The predicted octanol–water partition coefficient (Wildman–Crippen LogP) is 2.96. The highest BCUT2D eigenvalue weighted by molar-refractivity contribution is 6.04. The highest BCUT2D eigenvalue weighted by atomic mass is 19.2. The molecule has 0 bridgehead atoms. The third-order valence-corrected chi connectivity index (χ3v) is 2.65. The molecule has 20 heavy (non-hydrogen) atoms. The monoisotopic (exact) mass is 277 g/mol. The Morgan fingerprint density at radius 2 is 1.90 bits per heavy atom. The Labute approximate surface area is 114 Å². The van der Waals surface area contributed by atoms with Crippen molar-refractivity contribution in [3.05, 3.63) is 53.2 Å². The summed E-state index contributed by atoms with van der Waals surface area (Å²) in [5, 5.41) is 5.35. The number of nitrogens with one attached hydrogen (secondary N) is 2. The van der Waals surface area contributed by atoms with Crippen LogP contribution in [0.2, 0.25) is 0 Å². The second kappa shape index (κ2) is 5.64. The van der Waals surface area contributed by atoms with Crippen LogP contribution in [0.4, 0.5) is 20.3 Å². The number of pyridine rings is 1. The van der Waals surface area contributed by atoms with Crippen LogP contribution in [-0.4, -0.2) is 17.9 Å². The molecule has 0 saturated carbocycles. The largest absolute Gasteiger partial charge is 0.373 e. The molecule has 1 aromatic heterocycles. The number of aromatic nitrogens is 1. The number of aryl methyl sites for hydroxylation is 1. The summed E-state index contributed by atoms with van der Waals surface area (Å²) >= 11 is 0. The molecule has 104 valence electrons. The molecule has 6 heteroatoms. The van der Waals surface area contributed by atoms with Crippen molar-refractivity contribution in [2.75, 3.05) is 17.7 Å². The summed E-state index contributed by atoms with van der Waals surface area (Å²) in [4.78, 5) is 16.2. The number of carbonyl (C=O) groups excluding carboxylic acids is 1. The second-order valence-corrected chi connectivity index (χ2v) is 4.22. The van der Waals surface area contributed by atoms with Crippen molar-refractivity contribution in [2.24, 2.45) is 0 Å². The molecule has 0 aliphatic carbocycles. The van der Waals surface area contributed by atoms with Crippen molar-refractivity contribution in [2.45, 2.75) is 6.92 Å². The molecule has 0 unspecified atom stereocenters. The molecule has 2 N–H and O–H groups in total. The van der Waals surface area contributed by atoms with Crippen molar-refractivity contribution in [1.82, 2.24) is 4.98 Å². The van der Waals surface area contributed by atoms with Gasteiger partial charge >= 0.3 is 0 Å². The fourth-order valence-electron chi connectivity index (χ4n) is 1.70. The first-order chi connectivity index (χ1) is 9.49. The van der Waals surface area contributed by atoms with Gasteiger partial charge in [0.1, 0.15) is 5.82 Å². The van der Waals surface area contributed by atoms with Gasteiger partial charge in [-0.05, 0) is 31.2 Å². The zero-order valence-electron chi connectivity index (χ0n) is 11.0. The molecular formula is C14H13F2N3O. The second-order valence-electron chi connectivity index (χ2n) is 4.22. The molecule has 2 aromatic rings. The molecule has 0 atom stereocenters. The van der Waals surface area contributed by atoms with Gasteiger partial charge in [0.05, 0.1) is 0 Å². The van der Waals surface area contributed by atoms with E-state index in [2.05, 4.69) is 15.6 Å². The fraction of sp³-hybridized carbons (Fsp3) is 0.143. The molecule has 1 heterocycles. The topological polar surface area (TPSA) is 54.0 Å². The summed E-state index contributed by atoms with van der Waals surface area (Å²) in [5.74, 6) is -1.83. The van der Waals surface area contributed by atoms with E-state index in [1.54, 1.807) is 26.1 Å². The number of anilines is 2. The van der Waals surface area contributed by atoms with Crippen LogP contribution in [0.25, 0.3) is 0 Å². The molecule has 0 saturated heterocycles. The van der Waals surface area contributed by atoms with Crippen LogP contribution in [0, 0.1) is 18.6 Å². The highest BCUT2D eigenvalue weighted by Gasteiger charge is 2.10. The van der Waals surface area contributed by atoms with Crippen LogP contribution < -0.4 is 10.6 Å². The summed E-state index contributed by atoms with van der Waals surface area (Å²) in [6.45, 7) is 1.76. The molecule has 2 rings (SSSR count). The van der Waals surface area contributed by atoms with Crippen LogP contribution in [0.5, 0.6) is 0 Å². The molecule has 4 nitrogen and oxygen atoms in total. The predicted molar refractivity (Wildman–Crippen MR) is 72.8 cm³/mol. The standard InChI is InChI=1S/C14H13F2N3O/c1-8-5-9(6-13(17-2)18-8)14(20)19-10-3-4-11(15)12(16)7-10/h3-7H,1-2H3,(H,17,18)(H,19,20). The van der Waals surface area contributed by atoms with Crippen molar-refractivity contribution in [3.8, 4) is 0 Å². The highest BCUT2D eigenvalue weighted by Crippen LogP contribution is 2.16. The van der Waals surface area contributed by atoms with E-state index in [1.165, 1.54) is 6.07 Å². The van der Waals surface area contributed by atoms with Gasteiger partial charge in [0.2, 0.25) is 0 Å². The van der Waals surface area contributed by atoms with Crippen molar-refractivity contribution in [1.29, 1.82) is 0 Å². The van der Waals surface area contributed by atoms with Gasteiger partial charge in [0.15, 0.2) is 11.6 Å². The minimum atomic E-state index is -1.01. The van der Waals surface area contributed by atoms with Gasteiger partial charge in [-0.3, -0.25) is 4.79 Å². The summed E-state index contributed by atoms with van der Waals surface area (Å²) in [6, 6.07) is 6.36. The van der Waals surface area contributed by atoms with E-state index >= 15 is 0 Å². The Hall–Kier alpha value is -2.50.